The number of rotatable bonds is 12. The van der Waals surface area contributed by atoms with Crippen molar-refractivity contribution in [2.45, 2.75) is 102 Å². The number of aliphatic hydroxyl groups is 1. The summed E-state index contributed by atoms with van der Waals surface area (Å²) in [5.74, 6) is -0.0268. The standard InChI is InChI=1S/C26H38O4/c1-2-15-26(16-8-17-26)25(30)20-10-7-9-19(18-20)21-13-14-23(27)22(21)11-5-3-4-6-12-24(28)29/h7,9-10,18,21-22,25,30H,2-6,8,11-17H2,1H3,(H,28,29)/t21-,22-,25?/m1/s1. The minimum absolute atomic E-state index is 0.0498. The van der Waals surface area contributed by atoms with Crippen LogP contribution in [0.4, 0.5) is 0 Å². The van der Waals surface area contributed by atoms with Crippen LogP contribution in [0, 0.1) is 11.3 Å². The first kappa shape index (κ1) is 23.0. The maximum absolute atomic E-state index is 12.6. The van der Waals surface area contributed by atoms with Crippen LogP contribution in [0.5, 0.6) is 0 Å². The summed E-state index contributed by atoms with van der Waals surface area (Å²) in [7, 11) is 0. The van der Waals surface area contributed by atoms with E-state index in [4.69, 9.17) is 5.11 Å². The molecule has 3 atom stereocenters. The lowest BCUT2D eigenvalue weighted by molar-refractivity contribution is -0.137. The van der Waals surface area contributed by atoms with Crippen molar-refractivity contribution in [2.75, 3.05) is 0 Å². The molecule has 30 heavy (non-hydrogen) atoms. The minimum Gasteiger partial charge on any atom is -0.481 e. The molecular formula is C26H38O4. The Bertz CT molecular complexity index is 721. The molecule has 0 saturated heterocycles. The average molecular weight is 415 g/mol. The highest BCUT2D eigenvalue weighted by Crippen LogP contribution is 2.53. The topological polar surface area (TPSA) is 74.6 Å². The van der Waals surface area contributed by atoms with E-state index in [9.17, 15) is 14.7 Å². The second kappa shape index (κ2) is 10.6. The summed E-state index contributed by atoms with van der Waals surface area (Å²) in [4.78, 5) is 23.2. The minimum atomic E-state index is -0.731. The van der Waals surface area contributed by atoms with Gasteiger partial charge in [-0.2, -0.15) is 0 Å². The third-order valence-corrected chi connectivity index (χ3v) is 7.59. The Morgan fingerprint density at radius 1 is 1.20 bits per heavy atom. The fraction of sp³-hybridized carbons (Fsp3) is 0.692. The van der Waals surface area contributed by atoms with Crippen molar-refractivity contribution in [1.29, 1.82) is 0 Å². The molecule has 2 aliphatic carbocycles. The van der Waals surface area contributed by atoms with Gasteiger partial charge in [-0.05, 0) is 55.6 Å². The van der Waals surface area contributed by atoms with Gasteiger partial charge in [0.2, 0.25) is 0 Å². The number of hydrogen-bond acceptors (Lipinski definition) is 3. The Balaban J connectivity index is 1.62. The molecule has 1 unspecified atom stereocenters. The maximum Gasteiger partial charge on any atom is 0.303 e. The summed E-state index contributed by atoms with van der Waals surface area (Å²) in [6.07, 6.45) is 11.5. The van der Waals surface area contributed by atoms with Gasteiger partial charge in [-0.25, -0.2) is 0 Å². The SMILES string of the molecule is CCCC1(C(O)c2cccc([C@H]3CCC(=O)[C@@H]3CCCCCCC(=O)O)c2)CCC1. The molecule has 0 aliphatic heterocycles. The summed E-state index contributed by atoms with van der Waals surface area (Å²) in [5, 5.41) is 19.9. The largest absolute Gasteiger partial charge is 0.481 e. The van der Waals surface area contributed by atoms with Crippen molar-refractivity contribution in [3.05, 3.63) is 35.4 Å². The molecule has 0 spiro atoms. The van der Waals surface area contributed by atoms with Crippen LogP contribution in [0.3, 0.4) is 0 Å². The number of carboxylic acid groups (broad SMARTS) is 1. The number of carbonyl (C=O) groups excluding carboxylic acids is 1. The molecule has 2 fully saturated rings. The highest BCUT2D eigenvalue weighted by atomic mass is 16.4. The van der Waals surface area contributed by atoms with Crippen LogP contribution in [-0.2, 0) is 9.59 Å². The number of benzene rings is 1. The predicted molar refractivity (Wildman–Crippen MR) is 118 cm³/mol. The molecule has 166 valence electrons. The number of unbranched alkanes of at least 4 members (excludes halogenated alkanes) is 3. The van der Waals surface area contributed by atoms with E-state index in [0.29, 0.717) is 12.2 Å². The lowest BCUT2D eigenvalue weighted by Crippen LogP contribution is -2.36. The number of aliphatic hydroxyl groups excluding tert-OH is 1. The predicted octanol–water partition coefficient (Wildman–Crippen LogP) is 6.18. The zero-order valence-corrected chi connectivity index (χ0v) is 18.4. The fourth-order valence-corrected chi connectivity index (χ4v) is 5.77. The zero-order chi connectivity index (χ0) is 21.6. The van der Waals surface area contributed by atoms with Crippen LogP contribution < -0.4 is 0 Å². The van der Waals surface area contributed by atoms with Crippen LogP contribution in [0.2, 0.25) is 0 Å². The van der Waals surface area contributed by atoms with Crippen molar-refractivity contribution < 1.29 is 19.8 Å². The van der Waals surface area contributed by atoms with Gasteiger partial charge in [0.1, 0.15) is 5.78 Å². The molecule has 4 heteroatoms. The third-order valence-electron chi connectivity index (χ3n) is 7.59. The van der Waals surface area contributed by atoms with E-state index in [0.717, 1.165) is 69.8 Å². The normalized spacial score (nSPS) is 23.9. The second-order valence-electron chi connectivity index (χ2n) is 9.60. The molecule has 2 aliphatic rings. The molecule has 1 aromatic rings. The summed E-state index contributed by atoms with van der Waals surface area (Å²) in [6.45, 7) is 2.19. The Kier molecular flexibility index (Phi) is 8.10. The quantitative estimate of drug-likeness (QED) is 0.401. The number of ketones is 1. The van der Waals surface area contributed by atoms with Crippen molar-refractivity contribution in [3.8, 4) is 0 Å². The monoisotopic (exact) mass is 414 g/mol. The lowest BCUT2D eigenvalue weighted by Gasteiger charge is -2.46. The highest BCUT2D eigenvalue weighted by molar-refractivity contribution is 5.84. The van der Waals surface area contributed by atoms with Crippen molar-refractivity contribution >= 4 is 11.8 Å². The zero-order valence-electron chi connectivity index (χ0n) is 18.4. The van der Waals surface area contributed by atoms with Crippen LogP contribution in [0.25, 0.3) is 0 Å². The van der Waals surface area contributed by atoms with E-state index in [1.165, 1.54) is 12.0 Å². The van der Waals surface area contributed by atoms with E-state index in [2.05, 4.69) is 31.2 Å². The lowest BCUT2D eigenvalue weighted by atomic mass is 9.61. The Hall–Kier alpha value is -1.68. The fourth-order valence-electron chi connectivity index (χ4n) is 5.77. The molecule has 0 radical (unpaired) electrons. The van der Waals surface area contributed by atoms with Gasteiger partial charge in [0.05, 0.1) is 6.10 Å². The average Bonchev–Trinajstić information content (AvgIpc) is 3.07. The first-order chi connectivity index (χ1) is 14.5. The van der Waals surface area contributed by atoms with Crippen LogP contribution in [-0.4, -0.2) is 22.0 Å². The molecule has 0 aromatic heterocycles. The molecule has 2 N–H and O–H groups in total. The van der Waals surface area contributed by atoms with Crippen LogP contribution >= 0.6 is 0 Å². The van der Waals surface area contributed by atoms with Gasteiger partial charge in [0, 0.05) is 24.2 Å². The van der Waals surface area contributed by atoms with Crippen LogP contribution in [0.1, 0.15) is 114 Å². The molecule has 4 nitrogen and oxygen atoms in total. The summed E-state index contributed by atoms with van der Waals surface area (Å²) in [6, 6.07) is 8.41. The van der Waals surface area contributed by atoms with Crippen molar-refractivity contribution in [3.63, 3.8) is 0 Å². The summed E-state index contributed by atoms with van der Waals surface area (Å²) < 4.78 is 0. The van der Waals surface area contributed by atoms with Gasteiger partial charge < -0.3 is 10.2 Å². The van der Waals surface area contributed by atoms with Crippen LogP contribution in [0.15, 0.2) is 24.3 Å². The molecule has 1 aromatic carbocycles. The number of carbonyl (C=O) groups is 2. The first-order valence-electron chi connectivity index (χ1n) is 12.0. The van der Waals surface area contributed by atoms with Gasteiger partial charge in [-0.1, -0.05) is 63.3 Å². The molecule has 0 amide bonds. The molecule has 2 saturated carbocycles. The number of aliphatic carboxylic acids is 1. The number of Topliss-reactive ketones (excluding diaryl/α,β-unsaturated/α-hetero) is 1. The van der Waals surface area contributed by atoms with Crippen molar-refractivity contribution in [1.82, 2.24) is 0 Å². The van der Waals surface area contributed by atoms with Gasteiger partial charge in [-0.3, -0.25) is 9.59 Å². The van der Waals surface area contributed by atoms with Gasteiger partial charge >= 0.3 is 5.97 Å². The molecule has 0 heterocycles. The van der Waals surface area contributed by atoms with E-state index in [-0.39, 0.29) is 23.7 Å². The molecule has 0 bridgehead atoms. The van der Waals surface area contributed by atoms with Crippen molar-refractivity contribution in [2.24, 2.45) is 11.3 Å². The van der Waals surface area contributed by atoms with Gasteiger partial charge in [0.15, 0.2) is 0 Å². The third kappa shape index (κ3) is 5.32. The second-order valence-corrected chi connectivity index (χ2v) is 9.60. The Morgan fingerprint density at radius 2 is 1.97 bits per heavy atom. The Morgan fingerprint density at radius 3 is 2.63 bits per heavy atom. The summed E-state index contributed by atoms with van der Waals surface area (Å²) >= 11 is 0. The first-order valence-corrected chi connectivity index (χ1v) is 12.0. The van der Waals surface area contributed by atoms with E-state index >= 15 is 0 Å². The smallest absolute Gasteiger partial charge is 0.303 e. The molecule has 3 rings (SSSR count). The Labute approximate surface area is 181 Å². The van der Waals surface area contributed by atoms with Gasteiger partial charge in [-0.15, -0.1) is 0 Å². The maximum atomic E-state index is 12.6. The van der Waals surface area contributed by atoms with E-state index in [1.54, 1.807) is 0 Å². The van der Waals surface area contributed by atoms with Gasteiger partial charge in [0.25, 0.3) is 0 Å². The highest BCUT2D eigenvalue weighted by Gasteiger charge is 2.43. The molecular weight excluding hydrogens is 376 g/mol. The summed E-state index contributed by atoms with van der Waals surface area (Å²) in [5.41, 5.74) is 2.28. The number of hydrogen-bond donors (Lipinski definition) is 2. The van der Waals surface area contributed by atoms with E-state index < -0.39 is 12.1 Å². The number of carboxylic acids is 1. The van der Waals surface area contributed by atoms with E-state index in [1.807, 2.05) is 0 Å².